The zero-order valence-electron chi connectivity index (χ0n) is 10.2. The molecule has 0 radical (unpaired) electrons. The SMILES string of the molecule is CC(=O)NC(CS(=O)(=O)C1CCS(=O)(=O)C1)C(=O)O. The van der Waals surface area contributed by atoms with Crippen LogP contribution in [0.4, 0.5) is 0 Å². The molecule has 0 saturated carbocycles. The number of carbonyl (C=O) groups is 2. The van der Waals surface area contributed by atoms with E-state index in [0.29, 0.717) is 0 Å². The predicted octanol–water partition coefficient (Wildman–Crippen LogP) is -1.82. The molecule has 1 heterocycles. The molecule has 2 atom stereocenters. The summed E-state index contributed by atoms with van der Waals surface area (Å²) in [4.78, 5) is 21.7. The van der Waals surface area contributed by atoms with E-state index in [2.05, 4.69) is 0 Å². The van der Waals surface area contributed by atoms with Crippen molar-refractivity contribution < 1.29 is 31.5 Å². The number of carboxylic acids is 1. The highest BCUT2D eigenvalue weighted by Gasteiger charge is 2.39. The Labute approximate surface area is 111 Å². The Morgan fingerprint density at radius 2 is 2.00 bits per heavy atom. The summed E-state index contributed by atoms with van der Waals surface area (Å²) in [6.07, 6.45) is -0.0307. The van der Waals surface area contributed by atoms with E-state index in [9.17, 15) is 26.4 Å². The molecule has 0 aromatic carbocycles. The van der Waals surface area contributed by atoms with Gasteiger partial charge in [0.2, 0.25) is 5.91 Å². The molecule has 1 aliphatic heterocycles. The third-order valence-electron chi connectivity index (χ3n) is 2.77. The lowest BCUT2D eigenvalue weighted by molar-refractivity contribution is -0.140. The lowest BCUT2D eigenvalue weighted by Crippen LogP contribution is -2.46. The molecular weight excluding hydrogens is 298 g/mol. The number of aliphatic carboxylic acids is 1. The fraction of sp³-hybridized carbons (Fsp3) is 0.778. The maximum absolute atomic E-state index is 11.9. The number of amides is 1. The van der Waals surface area contributed by atoms with Crippen LogP contribution < -0.4 is 5.32 Å². The Morgan fingerprint density at radius 3 is 2.37 bits per heavy atom. The molecule has 1 amide bonds. The number of sulfone groups is 2. The molecule has 0 aromatic heterocycles. The summed E-state index contributed by atoms with van der Waals surface area (Å²) in [5.41, 5.74) is 0. The van der Waals surface area contributed by atoms with Crippen molar-refractivity contribution in [2.45, 2.75) is 24.6 Å². The zero-order chi connectivity index (χ0) is 14.8. The average molecular weight is 313 g/mol. The second-order valence-electron chi connectivity index (χ2n) is 4.45. The minimum Gasteiger partial charge on any atom is -0.480 e. The number of hydrogen-bond acceptors (Lipinski definition) is 6. The van der Waals surface area contributed by atoms with Crippen LogP contribution >= 0.6 is 0 Å². The normalized spacial score (nSPS) is 23.7. The van der Waals surface area contributed by atoms with E-state index in [1.165, 1.54) is 0 Å². The molecule has 0 spiro atoms. The Kier molecular flexibility index (Phi) is 4.56. The van der Waals surface area contributed by atoms with Gasteiger partial charge in [0, 0.05) is 6.92 Å². The van der Waals surface area contributed by atoms with E-state index >= 15 is 0 Å². The summed E-state index contributed by atoms with van der Waals surface area (Å²) in [6, 6.07) is -1.56. The van der Waals surface area contributed by atoms with E-state index in [1.807, 2.05) is 5.32 Å². The summed E-state index contributed by atoms with van der Waals surface area (Å²) in [7, 11) is -7.27. The van der Waals surface area contributed by atoms with Gasteiger partial charge in [-0.05, 0) is 6.42 Å². The number of hydrogen-bond donors (Lipinski definition) is 2. The van der Waals surface area contributed by atoms with E-state index in [4.69, 9.17) is 5.11 Å². The topological polar surface area (TPSA) is 135 Å². The van der Waals surface area contributed by atoms with Gasteiger partial charge in [0.15, 0.2) is 19.7 Å². The van der Waals surface area contributed by atoms with Crippen molar-refractivity contribution in [3.8, 4) is 0 Å². The summed E-state index contributed by atoms with van der Waals surface area (Å²) in [6.45, 7) is 1.07. The fourth-order valence-corrected chi connectivity index (χ4v) is 6.42. The van der Waals surface area contributed by atoms with Crippen molar-refractivity contribution in [3.63, 3.8) is 0 Å². The summed E-state index contributed by atoms with van der Waals surface area (Å²) < 4.78 is 46.3. The Bertz CT molecular complexity index is 578. The van der Waals surface area contributed by atoms with Crippen molar-refractivity contribution in [1.82, 2.24) is 5.32 Å². The van der Waals surface area contributed by atoms with Gasteiger partial charge in [-0.1, -0.05) is 0 Å². The van der Waals surface area contributed by atoms with Gasteiger partial charge >= 0.3 is 5.97 Å². The van der Waals surface area contributed by atoms with Crippen LogP contribution in [0.2, 0.25) is 0 Å². The highest BCUT2D eigenvalue weighted by atomic mass is 32.2. The third-order valence-corrected chi connectivity index (χ3v) is 6.97. The zero-order valence-corrected chi connectivity index (χ0v) is 11.8. The van der Waals surface area contributed by atoms with Gasteiger partial charge in [0.1, 0.15) is 6.04 Å². The number of carboxylic acid groups (broad SMARTS) is 1. The summed E-state index contributed by atoms with van der Waals surface area (Å²) >= 11 is 0. The minimum atomic E-state index is -3.90. The van der Waals surface area contributed by atoms with Crippen LogP contribution in [-0.2, 0) is 29.3 Å². The standard InChI is InChI=1S/C9H15NO7S2/c1-6(11)10-8(9(12)13)5-19(16,17)7-2-3-18(14,15)4-7/h7-8H,2-5H2,1H3,(H,10,11)(H,12,13). The van der Waals surface area contributed by atoms with Crippen LogP contribution in [0.3, 0.4) is 0 Å². The minimum absolute atomic E-state index is 0.0307. The Morgan fingerprint density at radius 1 is 1.42 bits per heavy atom. The second kappa shape index (κ2) is 5.45. The Hall–Kier alpha value is -1.16. The molecule has 110 valence electrons. The molecule has 2 unspecified atom stereocenters. The van der Waals surface area contributed by atoms with Crippen LogP contribution in [-0.4, -0.2) is 62.4 Å². The van der Waals surface area contributed by atoms with Gasteiger partial charge < -0.3 is 10.4 Å². The second-order valence-corrected chi connectivity index (χ2v) is 9.00. The number of nitrogens with one attached hydrogen (secondary N) is 1. The molecule has 1 rings (SSSR count). The molecule has 1 fully saturated rings. The van der Waals surface area contributed by atoms with Gasteiger partial charge in [-0.25, -0.2) is 21.6 Å². The highest BCUT2D eigenvalue weighted by Crippen LogP contribution is 2.20. The maximum atomic E-state index is 11.9. The molecule has 0 aliphatic carbocycles. The largest absolute Gasteiger partial charge is 0.480 e. The van der Waals surface area contributed by atoms with Gasteiger partial charge in [-0.15, -0.1) is 0 Å². The van der Waals surface area contributed by atoms with Crippen molar-refractivity contribution in [2.75, 3.05) is 17.3 Å². The molecule has 1 saturated heterocycles. The Balaban J connectivity index is 2.83. The fourth-order valence-electron chi connectivity index (χ4n) is 1.83. The molecule has 2 N–H and O–H groups in total. The molecular formula is C9H15NO7S2. The van der Waals surface area contributed by atoms with Crippen LogP contribution in [0.5, 0.6) is 0 Å². The van der Waals surface area contributed by atoms with Crippen LogP contribution in [0, 0.1) is 0 Å². The molecule has 19 heavy (non-hydrogen) atoms. The van der Waals surface area contributed by atoms with Crippen LogP contribution in [0.25, 0.3) is 0 Å². The molecule has 8 nitrogen and oxygen atoms in total. The first-order valence-corrected chi connectivity index (χ1v) is 8.99. The van der Waals surface area contributed by atoms with Crippen molar-refractivity contribution in [3.05, 3.63) is 0 Å². The monoisotopic (exact) mass is 313 g/mol. The van der Waals surface area contributed by atoms with Crippen molar-refractivity contribution >= 4 is 31.6 Å². The van der Waals surface area contributed by atoms with Crippen molar-refractivity contribution in [2.24, 2.45) is 0 Å². The predicted molar refractivity (Wildman–Crippen MR) is 66.1 cm³/mol. The summed E-state index contributed by atoms with van der Waals surface area (Å²) in [5, 5.41) is 9.76. The first-order valence-electron chi connectivity index (χ1n) is 5.45. The third kappa shape index (κ3) is 4.46. The van der Waals surface area contributed by atoms with E-state index in [0.717, 1.165) is 6.92 Å². The van der Waals surface area contributed by atoms with Crippen LogP contribution in [0.1, 0.15) is 13.3 Å². The van der Waals surface area contributed by atoms with E-state index in [-0.39, 0.29) is 12.2 Å². The van der Waals surface area contributed by atoms with Gasteiger partial charge in [-0.2, -0.15) is 0 Å². The number of rotatable bonds is 5. The quantitative estimate of drug-likeness (QED) is 0.610. The van der Waals surface area contributed by atoms with E-state index in [1.54, 1.807) is 0 Å². The molecule has 1 aliphatic rings. The first kappa shape index (κ1) is 15.9. The lowest BCUT2D eigenvalue weighted by Gasteiger charge is -2.16. The first-order chi connectivity index (χ1) is 8.53. The van der Waals surface area contributed by atoms with Crippen LogP contribution in [0.15, 0.2) is 0 Å². The summed E-state index contributed by atoms with van der Waals surface area (Å²) in [5.74, 6) is -3.64. The molecule has 0 aromatic rings. The lowest BCUT2D eigenvalue weighted by atomic mass is 10.3. The molecule has 0 bridgehead atoms. The number of carbonyl (C=O) groups excluding carboxylic acids is 1. The molecule has 10 heteroatoms. The van der Waals surface area contributed by atoms with Gasteiger partial charge in [-0.3, -0.25) is 4.79 Å². The van der Waals surface area contributed by atoms with E-state index < -0.39 is 54.3 Å². The van der Waals surface area contributed by atoms with Gasteiger partial charge in [0.05, 0.1) is 22.5 Å². The average Bonchev–Trinajstić information content (AvgIpc) is 2.57. The van der Waals surface area contributed by atoms with Gasteiger partial charge in [0.25, 0.3) is 0 Å². The smallest absolute Gasteiger partial charge is 0.327 e. The highest BCUT2D eigenvalue weighted by molar-refractivity contribution is 7.96. The van der Waals surface area contributed by atoms with Crippen molar-refractivity contribution in [1.29, 1.82) is 0 Å². The maximum Gasteiger partial charge on any atom is 0.327 e.